The molecule has 21 heavy (non-hydrogen) atoms. The molecule has 0 spiro atoms. The van der Waals surface area contributed by atoms with Gasteiger partial charge in [-0.15, -0.1) is 0 Å². The molecule has 1 saturated carbocycles. The van der Waals surface area contributed by atoms with E-state index < -0.39 is 5.97 Å². The molecule has 1 heterocycles. The Balaban J connectivity index is 1.51. The maximum atomic E-state index is 10.9. The first-order valence-corrected chi connectivity index (χ1v) is 7.94. The van der Waals surface area contributed by atoms with Crippen molar-refractivity contribution in [3.05, 3.63) is 29.8 Å². The second kappa shape index (κ2) is 6.48. The van der Waals surface area contributed by atoms with E-state index >= 15 is 0 Å². The maximum Gasteiger partial charge on any atom is 0.335 e. The van der Waals surface area contributed by atoms with E-state index in [1.54, 1.807) is 18.2 Å². The number of carboxylic acid groups (broad SMARTS) is 1. The summed E-state index contributed by atoms with van der Waals surface area (Å²) in [7, 11) is 0. The van der Waals surface area contributed by atoms with Gasteiger partial charge in [-0.2, -0.15) is 0 Å². The molecule has 0 amide bonds. The number of hydrogen-bond donors (Lipinski definition) is 1. The first-order chi connectivity index (χ1) is 10.2. The molecule has 114 valence electrons. The van der Waals surface area contributed by atoms with E-state index in [-0.39, 0.29) is 5.56 Å². The van der Waals surface area contributed by atoms with Crippen LogP contribution in [-0.4, -0.2) is 41.7 Å². The average Bonchev–Trinajstić information content (AvgIpc) is 2.97. The summed E-state index contributed by atoms with van der Waals surface area (Å²) in [6, 6.07) is 7.49. The number of rotatable bonds is 5. The summed E-state index contributed by atoms with van der Waals surface area (Å²) >= 11 is 0. The molecule has 2 unspecified atom stereocenters. The van der Waals surface area contributed by atoms with Crippen molar-refractivity contribution in [2.24, 2.45) is 5.92 Å². The summed E-state index contributed by atoms with van der Waals surface area (Å²) in [6.45, 7) is 2.75. The van der Waals surface area contributed by atoms with Crippen LogP contribution in [-0.2, 0) is 0 Å². The number of benzene rings is 1. The summed E-state index contributed by atoms with van der Waals surface area (Å²) in [4.78, 5) is 13.5. The van der Waals surface area contributed by atoms with Crippen LogP contribution in [0.5, 0.6) is 5.75 Å². The molecular formula is C17H23NO3. The Morgan fingerprint density at radius 1 is 1.29 bits per heavy atom. The predicted molar refractivity (Wildman–Crippen MR) is 80.8 cm³/mol. The van der Waals surface area contributed by atoms with Gasteiger partial charge in [0.25, 0.3) is 0 Å². The molecule has 2 aliphatic rings. The van der Waals surface area contributed by atoms with Crippen LogP contribution in [0.15, 0.2) is 24.3 Å². The second-order valence-corrected chi connectivity index (χ2v) is 6.12. The molecule has 1 aliphatic heterocycles. The number of carboxylic acids is 1. The van der Waals surface area contributed by atoms with Gasteiger partial charge in [-0.3, -0.25) is 4.90 Å². The van der Waals surface area contributed by atoms with Gasteiger partial charge in [-0.1, -0.05) is 12.5 Å². The van der Waals surface area contributed by atoms with E-state index in [9.17, 15) is 4.79 Å². The normalized spacial score (nSPS) is 25.5. The smallest absolute Gasteiger partial charge is 0.335 e. The lowest BCUT2D eigenvalue weighted by Crippen LogP contribution is -2.44. The summed E-state index contributed by atoms with van der Waals surface area (Å²) in [5.41, 5.74) is 0.279. The van der Waals surface area contributed by atoms with Crippen molar-refractivity contribution in [2.75, 3.05) is 19.7 Å². The van der Waals surface area contributed by atoms with Gasteiger partial charge in [0.1, 0.15) is 12.4 Å². The van der Waals surface area contributed by atoms with E-state index in [0.717, 1.165) is 18.5 Å². The van der Waals surface area contributed by atoms with Crippen molar-refractivity contribution >= 4 is 5.97 Å². The molecule has 4 heteroatoms. The van der Waals surface area contributed by atoms with Gasteiger partial charge in [0.2, 0.25) is 0 Å². The van der Waals surface area contributed by atoms with Crippen LogP contribution in [0.2, 0.25) is 0 Å². The van der Waals surface area contributed by atoms with Gasteiger partial charge in [0, 0.05) is 12.6 Å². The molecule has 3 rings (SSSR count). The van der Waals surface area contributed by atoms with Gasteiger partial charge >= 0.3 is 5.97 Å². The topological polar surface area (TPSA) is 49.8 Å². The maximum absolute atomic E-state index is 10.9. The molecule has 0 bridgehead atoms. The monoisotopic (exact) mass is 289 g/mol. The Bertz CT molecular complexity index is 503. The highest BCUT2D eigenvalue weighted by molar-refractivity contribution is 5.87. The molecule has 0 aromatic heterocycles. The summed E-state index contributed by atoms with van der Waals surface area (Å²) in [6.07, 6.45) is 6.79. The Morgan fingerprint density at radius 3 is 3.00 bits per heavy atom. The van der Waals surface area contributed by atoms with Gasteiger partial charge in [-0.05, 0) is 56.3 Å². The van der Waals surface area contributed by atoms with Crippen molar-refractivity contribution in [3.63, 3.8) is 0 Å². The van der Waals surface area contributed by atoms with Crippen molar-refractivity contribution in [2.45, 2.75) is 38.1 Å². The van der Waals surface area contributed by atoms with Crippen LogP contribution in [0.1, 0.15) is 42.5 Å². The minimum atomic E-state index is -0.912. The fourth-order valence-corrected chi connectivity index (χ4v) is 3.83. The Kier molecular flexibility index (Phi) is 4.44. The molecule has 1 aromatic rings. The zero-order valence-corrected chi connectivity index (χ0v) is 12.3. The molecular weight excluding hydrogens is 266 g/mol. The van der Waals surface area contributed by atoms with Crippen LogP contribution in [0, 0.1) is 5.92 Å². The first kappa shape index (κ1) is 14.4. The summed E-state index contributed by atoms with van der Waals surface area (Å²) in [5.74, 6) is 0.634. The van der Waals surface area contributed by atoms with Crippen molar-refractivity contribution in [1.82, 2.24) is 4.90 Å². The molecule has 1 N–H and O–H groups in total. The van der Waals surface area contributed by atoms with E-state index in [2.05, 4.69) is 4.90 Å². The number of hydrogen-bond acceptors (Lipinski definition) is 3. The number of aromatic carboxylic acids is 1. The average molecular weight is 289 g/mol. The van der Waals surface area contributed by atoms with Crippen LogP contribution in [0.3, 0.4) is 0 Å². The van der Waals surface area contributed by atoms with Gasteiger partial charge < -0.3 is 9.84 Å². The van der Waals surface area contributed by atoms with Crippen molar-refractivity contribution < 1.29 is 14.6 Å². The standard InChI is InChI=1S/C17H23NO3/c19-17(20)14-5-1-7-15(12-14)21-11-10-18-9-3-6-13-4-2-8-16(13)18/h1,5,7,12-13,16H,2-4,6,8-11H2,(H,19,20). The Hall–Kier alpha value is -1.55. The van der Waals surface area contributed by atoms with Crippen LogP contribution < -0.4 is 4.74 Å². The molecule has 1 saturated heterocycles. The van der Waals surface area contributed by atoms with Crippen LogP contribution in [0.25, 0.3) is 0 Å². The van der Waals surface area contributed by atoms with E-state index in [1.807, 2.05) is 6.07 Å². The number of ether oxygens (including phenoxy) is 1. The predicted octanol–water partition coefficient (Wildman–Crippen LogP) is 3.03. The largest absolute Gasteiger partial charge is 0.492 e. The number of fused-ring (bicyclic) bond motifs is 1. The van der Waals surface area contributed by atoms with Crippen LogP contribution >= 0.6 is 0 Å². The van der Waals surface area contributed by atoms with Gasteiger partial charge in [0.05, 0.1) is 5.56 Å². The lowest BCUT2D eigenvalue weighted by atomic mass is 9.92. The minimum absolute atomic E-state index is 0.279. The number of likely N-dealkylation sites (tertiary alicyclic amines) is 1. The van der Waals surface area contributed by atoms with Gasteiger partial charge in [0.15, 0.2) is 0 Å². The van der Waals surface area contributed by atoms with Crippen molar-refractivity contribution in [3.8, 4) is 5.75 Å². The minimum Gasteiger partial charge on any atom is -0.492 e. The Labute approximate surface area is 125 Å². The molecule has 1 aromatic carbocycles. The van der Waals surface area contributed by atoms with Crippen LogP contribution in [0.4, 0.5) is 0 Å². The molecule has 1 aliphatic carbocycles. The molecule has 4 nitrogen and oxygen atoms in total. The van der Waals surface area contributed by atoms with Crippen molar-refractivity contribution in [1.29, 1.82) is 0 Å². The summed E-state index contributed by atoms with van der Waals surface area (Å²) < 4.78 is 5.74. The third kappa shape index (κ3) is 3.38. The Morgan fingerprint density at radius 2 is 2.14 bits per heavy atom. The lowest BCUT2D eigenvalue weighted by Gasteiger charge is -2.37. The van der Waals surface area contributed by atoms with E-state index in [0.29, 0.717) is 12.4 Å². The van der Waals surface area contributed by atoms with E-state index in [4.69, 9.17) is 9.84 Å². The molecule has 2 atom stereocenters. The highest BCUT2D eigenvalue weighted by atomic mass is 16.5. The zero-order valence-electron chi connectivity index (χ0n) is 12.3. The highest BCUT2D eigenvalue weighted by Crippen LogP contribution is 2.36. The molecule has 2 fully saturated rings. The lowest BCUT2D eigenvalue weighted by molar-refractivity contribution is 0.0696. The number of piperidine rings is 1. The molecule has 0 radical (unpaired) electrons. The number of nitrogens with zero attached hydrogens (tertiary/aromatic N) is 1. The number of carbonyl (C=O) groups is 1. The summed E-state index contributed by atoms with van der Waals surface area (Å²) in [5, 5.41) is 8.98. The fourth-order valence-electron chi connectivity index (χ4n) is 3.83. The first-order valence-electron chi connectivity index (χ1n) is 7.94. The SMILES string of the molecule is O=C(O)c1cccc(OCCN2CCCC3CCCC32)c1. The second-order valence-electron chi connectivity index (χ2n) is 6.12. The zero-order chi connectivity index (χ0) is 14.7. The third-order valence-corrected chi connectivity index (χ3v) is 4.84. The van der Waals surface area contributed by atoms with E-state index in [1.165, 1.54) is 38.6 Å². The van der Waals surface area contributed by atoms with Gasteiger partial charge in [-0.25, -0.2) is 4.79 Å². The highest BCUT2D eigenvalue weighted by Gasteiger charge is 2.34. The fraction of sp³-hybridized carbons (Fsp3) is 0.588. The third-order valence-electron chi connectivity index (χ3n) is 4.84. The quantitative estimate of drug-likeness (QED) is 0.905.